The zero-order chi connectivity index (χ0) is 27.9. The van der Waals surface area contributed by atoms with Gasteiger partial charge in [-0.05, 0) is 66.9 Å². The molecule has 202 valence electrons. The number of aromatic amines is 1. The van der Waals surface area contributed by atoms with Gasteiger partial charge in [-0.25, -0.2) is 17.5 Å². The summed E-state index contributed by atoms with van der Waals surface area (Å²) >= 11 is 0. The van der Waals surface area contributed by atoms with Crippen molar-refractivity contribution in [1.82, 2.24) is 14.7 Å². The number of hydrogen-bond acceptors (Lipinski definition) is 5. The van der Waals surface area contributed by atoms with Crippen molar-refractivity contribution in [1.29, 1.82) is 0 Å². The number of halogens is 1. The Morgan fingerprint density at radius 1 is 1.02 bits per heavy atom. The van der Waals surface area contributed by atoms with Crippen molar-refractivity contribution < 1.29 is 12.8 Å². The van der Waals surface area contributed by atoms with E-state index in [1.165, 1.54) is 17.7 Å². The highest BCUT2D eigenvalue weighted by atomic mass is 32.2. The molecule has 0 saturated heterocycles. The summed E-state index contributed by atoms with van der Waals surface area (Å²) < 4.78 is 40.1. The van der Waals surface area contributed by atoms with Gasteiger partial charge in [0.05, 0.1) is 23.7 Å². The predicted octanol–water partition coefficient (Wildman–Crippen LogP) is 6.04. The molecular weight excluding hydrogens is 525 g/mol. The Kier molecular flexibility index (Phi) is 6.69. The van der Waals surface area contributed by atoms with E-state index in [1.54, 1.807) is 18.5 Å². The second-order valence-corrected chi connectivity index (χ2v) is 11.9. The third-order valence-corrected chi connectivity index (χ3v) is 7.71. The van der Waals surface area contributed by atoms with Gasteiger partial charge in [0.25, 0.3) is 0 Å². The van der Waals surface area contributed by atoms with Gasteiger partial charge in [0, 0.05) is 64.5 Å². The van der Waals surface area contributed by atoms with Crippen LogP contribution in [-0.2, 0) is 16.6 Å². The number of nitrogens with one attached hydrogen (secondary N) is 3. The third-order valence-electron chi connectivity index (χ3n) is 7.04. The fourth-order valence-corrected chi connectivity index (χ4v) is 5.50. The van der Waals surface area contributed by atoms with Gasteiger partial charge in [0.1, 0.15) is 5.82 Å². The lowest BCUT2D eigenvalue weighted by molar-refractivity contribution is 0.586. The molecule has 0 radical (unpaired) electrons. The summed E-state index contributed by atoms with van der Waals surface area (Å²) in [4.78, 5) is 12.6. The Bertz CT molecular complexity index is 1880. The van der Waals surface area contributed by atoms with Gasteiger partial charge in [-0.15, -0.1) is 0 Å². The van der Waals surface area contributed by atoms with Crippen LogP contribution < -0.4 is 10.0 Å². The van der Waals surface area contributed by atoms with Crippen LogP contribution in [0.5, 0.6) is 0 Å². The molecule has 2 aliphatic rings. The number of sulfonamides is 1. The van der Waals surface area contributed by atoms with Crippen LogP contribution in [0.25, 0.3) is 33.3 Å². The zero-order valence-electron chi connectivity index (χ0n) is 22.1. The van der Waals surface area contributed by atoms with Gasteiger partial charge in [-0.2, -0.15) is 0 Å². The minimum atomic E-state index is -3.41. The molecule has 0 aliphatic carbocycles. The molecule has 0 spiro atoms. The number of allylic oxidation sites excluding steroid dienone is 3. The van der Waals surface area contributed by atoms with Crippen molar-refractivity contribution in [3.05, 3.63) is 107 Å². The SMILES string of the molecule is CC1=CC=NC(c2ccc3c(c2)C(c2cc4c(-c5cc(F)cc(CNS(C)(=O)=O)c5)cncc4[nH]2)=CCN3)=CC1. The van der Waals surface area contributed by atoms with E-state index >= 15 is 0 Å². The average molecular weight is 554 g/mol. The first kappa shape index (κ1) is 25.9. The van der Waals surface area contributed by atoms with Gasteiger partial charge >= 0.3 is 0 Å². The predicted molar refractivity (Wildman–Crippen MR) is 160 cm³/mol. The van der Waals surface area contributed by atoms with Crippen LogP contribution in [-0.4, -0.2) is 37.4 Å². The van der Waals surface area contributed by atoms with E-state index in [0.29, 0.717) is 17.7 Å². The minimum Gasteiger partial charge on any atom is -0.381 e. The van der Waals surface area contributed by atoms with E-state index in [4.69, 9.17) is 0 Å². The molecule has 0 atom stereocenters. The molecule has 0 unspecified atom stereocenters. The highest BCUT2D eigenvalue weighted by Gasteiger charge is 2.19. The highest BCUT2D eigenvalue weighted by Crippen LogP contribution is 2.38. The van der Waals surface area contributed by atoms with E-state index in [-0.39, 0.29) is 6.54 Å². The first-order valence-electron chi connectivity index (χ1n) is 12.9. The van der Waals surface area contributed by atoms with Crippen LogP contribution in [0.3, 0.4) is 0 Å². The number of anilines is 1. The average Bonchev–Trinajstić information content (AvgIpc) is 3.25. The second-order valence-electron chi connectivity index (χ2n) is 10.1. The Morgan fingerprint density at radius 3 is 2.75 bits per heavy atom. The number of fused-ring (bicyclic) bond motifs is 2. The Balaban J connectivity index is 1.39. The van der Waals surface area contributed by atoms with Gasteiger partial charge in [0.2, 0.25) is 10.0 Å². The molecule has 2 aromatic heterocycles. The number of rotatable bonds is 6. The molecule has 0 bridgehead atoms. The maximum atomic E-state index is 14.6. The van der Waals surface area contributed by atoms with E-state index in [2.05, 4.69) is 68.3 Å². The van der Waals surface area contributed by atoms with Crippen LogP contribution in [0.4, 0.5) is 10.1 Å². The van der Waals surface area contributed by atoms with E-state index < -0.39 is 15.8 Å². The number of hydrogen-bond donors (Lipinski definition) is 3. The van der Waals surface area contributed by atoms with Crippen LogP contribution >= 0.6 is 0 Å². The topological polar surface area (TPSA) is 99.2 Å². The van der Waals surface area contributed by atoms with E-state index in [9.17, 15) is 12.8 Å². The summed E-state index contributed by atoms with van der Waals surface area (Å²) in [5.74, 6) is -0.445. The van der Waals surface area contributed by atoms with Crippen LogP contribution in [0.15, 0.2) is 83.7 Å². The van der Waals surface area contributed by atoms with Crippen LogP contribution in [0, 0.1) is 5.82 Å². The molecule has 6 rings (SSSR count). The lowest BCUT2D eigenvalue weighted by Gasteiger charge is -2.20. The summed E-state index contributed by atoms with van der Waals surface area (Å²) in [5, 5.41) is 4.35. The molecule has 40 heavy (non-hydrogen) atoms. The standard InChI is InChI=1S/C31H28FN5O2S/c1-19-3-5-28(34-9-7-19)21-4-6-29-25(14-21)24(8-10-35-29)30-15-26-27(17-33-18-31(26)37-30)22-11-20(12-23(32)13-22)16-36-40(2,38)39/h4-9,11-15,17-18,35-37H,3,10,16H2,1-2H3. The summed E-state index contributed by atoms with van der Waals surface area (Å²) in [6.45, 7) is 2.78. The first-order chi connectivity index (χ1) is 19.2. The quantitative estimate of drug-likeness (QED) is 0.271. The number of benzene rings is 2. The molecular formula is C31H28FN5O2S. The fraction of sp³-hybridized carbons (Fsp3) is 0.161. The largest absolute Gasteiger partial charge is 0.381 e. The lowest BCUT2D eigenvalue weighted by Crippen LogP contribution is -2.21. The van der Waals surface area contributed by atoms with Crippen molar-refractivity contribution >= 4 is 44.1 Å². The van der Waals surface area contributed by atoms with Gasteiger partial charge in [0.15, 0.2) is 0 Å². The molecule has 0 amide bonds. The smallest absolute Gasteiger partial charge is 0.209 e. The fourth-order valence-electron chi connectivity index (χ4n) is 5.07. The molecule has 4 aromatic rings. The van der Waals surface area contributed by atoms with Crippen molar-refractivity contribution in [3.63, 3.8) is 0 Å². The molecule has 4 heterocycles. The maximum Gasteiger partial charge on any atom is 0.209 e. The number of H-pyrrole nitrogens is 1. The van der Waals surface area contributed by atoms with Crippen molar-refractivity contribution in [3.8, 4) is 11.1 Å². The Labute approximate surface area is 232 Å². The van der Waals surface area contributed by atoms with Gasteiger partial charge in [-0.1, -0.05) is 23.8 Å². The lowest BCUT2D eigenvalue weighted by atomic mass is 9.94. The Morgan fingerprint density at radius 2 is 1.90 bits per heavy atom. The number of aromatic nitrogens is 2. The zero-order valence-corrected chi connectivity index (χ0v) is 22.9. The molecule has 0 fully saturated rings. The summed E-state index contributed by atoms with van der Waals surface area (Å²) in [6, 6.07) is 13.0. The number of pyridine rings is 1. The Hall–Kier alpha value is -4.34. The van der Waals surface area contributed by atoms with Gasteiger partial charge in [-0.3, -0.25) is 9.98 Å². The molecule has 7 nitrogen and oxygen atoms in total. The normalized spacial score (nSPS) is 15.1. The molecule has 2 aromatic carbocycles. The van der Waals surface area contributed by atoms with Crippen LogP contribution in [0.1, 0.15) is 35.7 Å². The highest BCUT2D eigenvalue weighted by molar-refractivity contribution is 7.88. The number of nitrogens with zero attached hydrogens (tertiary/aromatic N) is 2. The number of aliphatic imine (C=N–C) groups is 1. The molecule has 0 saturated carbocycles. The van der Waals surface area contributed by atoms with Crippen LogP contribution in [0.2, 0.25) is 0 Å². The summed E-state index contributed by atoms with van der Waals surface area (Å²) in [7, 11) is -3.41. The van der Waals surface area contributed by atoms with Gasteiger partial charge < -0.3 is 10.3 Å². The third kappa shape index (κ3) is 5.38. The minimum absolute atomic E-state index is 0.000496. The monoisotopic (exact) mass is 553 g/mol. The summed E-state index contributed by atoms with van der Waals surface area (Å²) in [5.41, 5.74) is 10.1. The molecule has 3 N–H and O–H groups in total. The van der Waals surface area contributed by atoms with Crippen molar-refractivity contribution in [2.45, 2.75) is 19.9 Å². The molecule has 9 heteroatoms. The second kappa shape index (κ2) is 10.3. The van der Waals surface area contributed by atoms with Crippen molar-refractivity contribution in [2.24, 2.45) is 4.99 Å². The van der Waals surface area contributed by atoms with Crippen molar-refractivity contribution in [2.75, 3.05) is 18.1 Å². The molecule has 2 aliphatic heterocycles. The first-order valence-corrected chi connectivity index (χ1v) is 14.8. The van der Waals surface area contributed by atoms with E-state index in [0.717, 1.165) is 62.9 Å². The maximum absolute atomic E-state index is 14.6. The van der Waals surface area contributed by atoms with E-state index in [1.807, 2.05) is 12.3 Å². The summed E-state index contributed by atoms with van der Waals surface area (Å²) in [6.07, 6.45) is 13.6.